The monoisotopic (exact) mass is 508 g/mol. The molecule has 0 heterocycles. The van der Waals surface area contributed by atoms with Crippen LogP contribution < -0.4 is 14.8 Å². The summed E-state index contributed by atoms with van der Waals surface area (Å²) in [5.41, 5.74) is 1.92. The van der Waals surface area contributed by atoms with E-state index in [0.29, 0.717) is 23.6 Å². The van der Waals surface area contributed by atoms with Crippen LogP contribution in [0.5, 0.6) is 5.75 Å². The van der Waals surface area contributed by atoms with Gasteiger partial charge in [0.05, 0.1) is 4.90 Å². The summed E-state index contributed by atoms with van der Waals surface area (Å²) in [6, 6.07) is 22.5. The van der Waals surface area contributed by atoms with E-state index in [4.69, 9.17) is 4.74 Å². The number of hydrogen-bond donors (Lipinski definition) is 2. The number of benzene rings is 3. The highest BCUT2D eigenvalue weighted by molar-refractivity contribution is 7.90. The van der Waals surface area contributed by atoms with Crippen LogP contribution in [0.3, 0.4) is 0 Å². The third kappa shape index (κ3) is 8.23. The van der Waals surface area contributed by atoms with Crippen molar-refractivity contribution in [1.82, 2.24) is 10.0 Å². The molecule has 0 unspecified atom stereocenters. The summed E-state index contributed by atoms with van der Waals surface area (Å²) >= 11 is 0. The van der Waals surface area contributed by atoms with Gasteiger partial charge in [0.25, 0.3) is 15.9 Å². The summed E-state index contributed by atoms with van der Waals surface area (Å²) in [5.74, 6) is 0.303. The average molecular weight is 509 g/mol. The van der Waals surface area contributed by atoms with Crippen LogP contribution in [-0.4, -0.2) is 26.8 Å². The molecule has 0 spiro atoms. The number of carbonyl (C=O) groups excluding carboxylic acids is 2. The summed E-state index contributed by atoms with van der Waals surface area (Å²) in [7, 11) is -3.95. The highest BCUT2D eigenvalue weighted by atomic mass is 32.2. The van der Waals surface area contributed by atoms with Crippen molar-refractivity contribution in [2.75, 3.05) is 6.54 Å². The molecule has 0 radical (unpaired) electrons. The molecule has 3 rings (SSSR count). The van der Waals surface area contributed by atoms with Crippen LogP contribution in [0.4, 0.5) is 0 Å². The Morgan fingerprint density at radius 3 is 2.25 bits per heavy atom. The van der Waals surface area contributed by atoms with E-state index in [2.05, 4.69) is 23.9 Å². The summed E-state index contributed by atoms with van der Waals surface area (Å²) in [6.45, 7) is 4.99. The van der Waals surface area contributed by atoms with Crippen LogP contribution in [-0.2, 0) is 27.8 Å². The molecule has 0 saturated carbocycles. The average Bonchev–Trinajstić information content (AvgIpc) is 2.87. The van der Waals surface area contributed by atoms with Crippen molar-refractivity contribution < 1.29 is 22.7 Å². The summed E-state index contributed by atoms with van der Waals surface area (Å²) in [6.07, 6.45) is 0.971. The van der Waals surface area contributed by atoms with Crippen molar-refractivity contribution in [2.24, 2.45) is 5.92 Å². The molecule has 0 aromatic heterocycles. The van der Waals surface area contributed by atoms with E-state index in [1.165, 1.54) is 12.1 Å². The molecule has 2 N–H and O–H groups in total. The van der Waals surface area contributed by atoms with Gasteiger partial charge in [-0.05, 0) is 60.2 Å². The van der Waals surface area contributed by atoms with Gasteiger partial charge in [-0.15, -0.1) is 0 Å². The van der Waals surface area contributed by atoms with Crippen molar-refractivity contribution in [1.29, 1.82) is 0 Å². The van der Waals surface area contributed by atoms with E-state index in [1.807, 2.05) is 36.4 Å². The second-order valence-electron chi connectivity index (χ2n) is 8.87. The number of aryl methyl sites for hydroxylation is 1. The number of amides is 2. The first-order valence-corrected chi connectivity index (χ1v) is 13.4. The molecule has 8 heteroatoms. The van der Waals surface area contributed by atoms with Gasteiger partial charge >= 0.3 is 0 Å². The molecule has 0 aliphatic carbocycles. The minimum Gasteiger partial charge on any atom is -0.489 e. The second kappa shape index (κ2) is 12.9. The highest BCUT2D eigenvalue weighted by Gasteiger charge is 2.19. The lowest BCUT2D eigenvalue weighted by Gasteiger charge is -2.14. The van der Waals surface area contributed by atoms with Crippen molar-refractivity contribution >= 4 is 21.8 Å². The zero-order valence-electron chi connectivity index (χ0n) is 20.6. The fourth-order valence-corrected chi connectivity index (χ4v) is 4.54. The predicted octanol–water partition coefficient (Wildman–Crippen LogP) is 4.48. The first-order valence-electron chi connectivity index (χ1n) is 11.9. The SMILES string of the molecule is CC(C)CCNC(=O)c1cc(COc2ccccc2)ccc1CCC(=O)NS(=O)(=O)c1ccccc1. The van der Waals surface area contributed by atoms with E-state index in [-0.39, 0.29) is 30.3 Å². The molecular weight excluding hydrogens is 476 g/mol. The van der Waals surface area contributed by atoms with Crippen molar-refractivity contribution in [3.63, 3.8) is 0 Å². The molecular formula is C28H32N2O5S. The molecule has 0 aliphatic heterocycles. The molecule has 2 amide bonds. The molecule has 190 valence electrons. The first kappa shape index (κ1) is 26.9. The molecule has 3 aromatic rings. The quantitative estimate of drug-likeness (QED) is 0.376. The van der Waals surface area contributed by atoms with Gasteiger partial charge in [-0.2, -0.15) is 0 Å². The maximum atomic E-state index is 13.0. The van der Waals surface area contributed by atoms with Gasteiger partial charge in [0, 0.05) is 18.5 Å². The summed E-state index contributed by atoms with van der Waals surface area (Å²) in [5, 5.41) is 2.94. The van der Waals surface area contributed by atoms with Crippen LogP contribution in [0.2, 0.25) is 0 Å². The standard InChI is InChI=1S/C28H32N2O5S/c1-21(2)17-18-29-28(32)26-19-22(20-35-24-9-5-3-6-10-24)13-14-23(26)15-16-27(31)30-36(33,34)25-11-7-4-8-12-25/h3-14,19,21H,15-18,20H2,1-2H3,(H,29,32)(H,30,31). The Kier molecular flexibility index (Phi) is 9.64. The smallest absolute Gasteiger partial charge is 0.264 e. The summed E-state index contributed by atoms with van der Waals surface area (Å²) < 4.78 is 32.8. The van der Waals surface area contributed by atoms with Gasteiger partial charge < -0.3 is 10.1 Å². The van der Waals surface area contributed by atoms with Crippen molar-refractivity contribution in [3.8, 4) is 5.75 Å². The van der Waals surface area contributed by atoms with Crippen LogP contribution in [0.25, 0.3) is 0 Å². The molecule has 0 fully saturated rings. The summed E-state index contributed by atoms with van der Waals surface area (Å²) in [4.78, 5) is 25.5. The fraction of sp³-hybridized carbons (Fsp3) is 0.286. The lowest BCUT2D eigenvalue weighted by Crippen LogP contribution is -2.31. The molecule has 36 heavy (non-hydrogen) atoms. The lowest BCUT2D eigenvalue weighted by atomic mass is 9.99. The van der Waals surface area contributed by atoms with Crippen molar-refractivity contribution in [3.05, 3.63) is 95.6 Å². The number of hydrogen-bond acceptors (Lipinski definition) is 5. The van der Waals surface area contributed by atoms with Crippen LogP contribution in [0, 0.1) is 5.92 Å². The number of nitrogens with one attached hydrogen (secondary N) is 2. The Morgan fingerprint density at radius 1 is 0.917 bits per heavy atom. The van der Waals surface area contributed by atoms with E-state index in [9.17, 15) is 18.0 Å². The van der Waals surface area contributed by atoms with Gasteiger partial charge in [-0.1, -0.05) is 62.4 Å². The maximum absolute atomic E-state index is 13.0. The van der Waals surface area contributed by atoms with Gasteiger partial charge in [0.15, 0.2) is 0 Å². The molecule has 3 aromatic carbocycles. The Bertz CT molecular complexity index is 1260. The molecule has 0 bridgehead atoms. The number of rotatable bonds is 12. The molecule has 7 nitrogen and oxygen atoms in total. The Labute approximate surface area is 212 Å². The molecule has 0 saturated heterocycles. The first-order chi connectivity index (χ1) is 17.2. The van der Waals surface area contributed by atoms with Gasteiger partial charge in [-0.25, -0.2) is 13.1 Å². The van der Waals surface area contributed by atoms with Crippen LogP contribution in [0.1, 0.15) is 48.2 Å². The molecule has 0 aliphatic rings. The Morgan fingerprint density at radius 2 is 1.58 bits per heavy atom. The van der Waals surface area contributed by atoms with Gasteiger partial charge in [0.2, 0.25) is 5.91 Å². The van der Waals surface area contributed by atoms with E-state index in [0.717, 1.165) is 17.7 Å². The van der Waals surface area contributed by atoms with Gasteiger partial charge in [-0.3, -0.25) is 9.59 Å². The third-order valence-electron chi connectivity index (χ3n) is 5.50. The van der Waals surface area contributed by atoms with Crippen LogP contribution >= 0.6 is 0 Å². The van der Waals surface area contributed by atoms with Crippen LogP contribution in [0.15, 0.2) is 83.8 Å². The largest absolute Gasteiger partial charge is 0.489 e. The topological polar surface area (TPSA) is 102 Å². The van der Waals surface area contributed by atoms with E-state index >= 15 is 0 Å². The Hall–Kier alpha value is -3.65. The second-order valence-corrected chi connectivity index (χ2v) is 10.6. The Balaban J connectivity index is 1.70. The number of sulfonamides is 1. The highest BCUT2D eigenvalue weighted by Crippen LogP contribution is 2.18. The third-order valence-corrected chi connectivity index (χ3v) is 6.89. The van der Waals surface area contributed by atoms with Gasteiger partial charge in [0.1, 0.15) is 12.4 Å². The van der Waals surface area contributed by atoms with Crippen molar-refractivity contribution in [2.45, 2.75) is 44.6 Å². The number of carbonyl (C=O) groups is 2. The number of ether oxygens (including phenoxy) is 1. The lowest BCUT2D eigenvalue weighted by molar-refractivity contribution is -0.119. The predicted molar refractivity (Wildman–Crippen MR) is 139 cm³/mol. The zero-order valence-corrected chi connectivity index (χ0v) is 21.4. The van der Waals surface area contributed by atoms with E-state index in [1.54, 1.807) is 30.3 Å². The molecule has 0 atom stereocenters. The zero-order chi connectivity index (χ0) is 26.0. The normalized spacial score (nSPS) is 11.2. The van der Waals surface area contributed by atoms with E-state index < -0.39 is 15.9 Å². The minimum atomic E-state index is -3.95. The fourth-order valence-electron chi connectivity index (χ4n) is 3.50. The minimum absolute atomic E-state index is 0.0198. The maximum Gasteiger partial charge on any atom is 0.264 e. The number of para-hydroxylation sites is 1.